The molecule has 2 heteroatoms. The number of fused-ring (bicyclic) bond motifs is 1. The molecule has 2 N–H and O–H groups in total. The van der Waals surface area contributed by atoms with E-state index in [-0.39, 0.29) is 6.04 Å². The molecule has 0 amide bonds. The van der Waals surface area contributed by atoms with Crippen molar-refractivity contribution in [3.8, 4) is 0 Å². The minimum Gasteiger partial charge on any atom is -0.324 e. The Balaban J connectivity index is 1.94. The fourth-order valence-electron chi connectivity index (χ4n) is 2.42. The SMILES string of the molecule is NC(Cc1cccc2cnccc12)c1ccccc1. The molecule has 0 aliphatic carbocycles. The molecule has 2 aromatic carbocycles. The van der Waals surface area contributed by atoms with Gasteiger partial charge in [0.15, 0.2) is 0 Å². The lowest BCUT2D eigenvalue weighted by molar-refractivity contribution is 0.725. The normalized spacial score (nSPS) is 12.5. The highest BCUT2D eigenvalue weighted by atomic mass is 14.6. The Morgan fingerprint density at radius 2 is 1.79 bits per heavy atom. The highest BCUT2D eigenvalue weighted by molar-refractivity contribution is 5.84. The van der Waals surface area contributed by atoms with Gasteiger partial charge in [-0.1, -0.05) is 48.5 Å². The van der Waals surface area contributed by atoms with Crippen molar-refractivity contribution in [3.63, 3.8) is 0 Å². The first-order chi connectivity index (χ1) is 9.34. The van der Waals surface area contributed by atoms with Gasteiger partial charge in [-0.2, -0.15) is 0 Å². The number of rotatable bonds is 3. The topological polar surface area (TPSA) is 38.9 Å². The molecule has 1 unspecified atom stereocenters. The van der Waals surface area contributed by atoms with Gasteiger partial charge in [-0.05, 0) is 29.0 Å². The Hall–Kier alpha value is -2.19. The second-order valence-corrected chi connectivity index (χ2v) is 4.74. The number of pyridine rings is 1. The van der Waals surface area contributed by atoms with Gasteiger partial charge < -0.3 is 5.73 Å². The number of benzene rings is 2. The Labute approximate surface area is 112 Å². The number of nitrogens with two attached hydrogens (primary N) is 1. The second-order valence-electron chi connectivity index (χ2n) is 4.74. The van der Waals surface area contributed by atoms with E-state index in [0.717, 1.165) is 6.42 Å². The third-order valence-electron chi connectivity index (χ3n) is 3.44. The van der Waals surface area contributed by atoms with Crippen molar-refractivity contribution in [1.82, 2.24) is 4.98 Å². The van der Waals surface area contributed by atoms with Crippen molar-refractivity contribution in [2.75, 3.05) is 0 Å². The second kappa shape index (κ2) is 5.21. The van der Waals surface area contributed by atoms with E-state index < -0.39 is 0 Å². The number of hydrogen-bond acceptors (Lipinski definition) is 2. The van der Waals surface area contributed by atoms with E-state index in [1.165, 1.54) is 21.9 Å². The van der Waals surface area contributed by atoms with Crippen molar-refractivity contribution in [2.24, 2.45) is 5.73 Å². The maximum atomic E-state index is 6.30. The van der Waals surface area contributed by atoms with E-state index >= 15 is 0 Å². The summed E-state index contributed by atoms with van der Waals surface area (Å²) in [4.78, 5) is 4.16. The van der Waals surface area contributed by atoms with E-state index in [2.05, 4.69) is 41.4 Å². The molecule has 2 nitrogen and oxygen atoms in total. The van der Waals surface area contributed by atoms with Gasteiger partial charge in [0.1, 0.15) is 0 Å². The molecule has 1 aromatic heterocycles. The summed E-state index contributed by atoms with van der Waals surface area (Å²) in [6.45, 7) is 0. The lowest BCUT2D eigenvalue weighted by Crippen LogP contribution is -2.13. The first-order valence-corrected chi connectivity index (χ1v) is 6.47. The molecule has 0 radical (unpaired) electrons. The quantitative estimate of drug-likeness (QED) is 0.770. The van der Waals surface area contributed by atoms with Crippen LogP contribution in [0.2, 0.25) is 0 Å². The smallest absolute Gasteiger partial charge is 0.0346 e. The summed E-state index contributed by atoms with van der Waals surface area (Å²) in [5.74, 6) is 0. The maximum Gasteiger partial charge on any atom is 0.0346 e. The number of hydrogen-bond donors (Lipinski definition) is 1. The van der Waals surface area contributed by atoms with Crippen LogP contribution < -0.4 is 5.73 Å². The van der Waals surface area contributed by atoms with Crippen LogP contribution >= 0.6 is 0 Å². The summed E-state index contributed by atoms with van der Waals surface area (Å²) in [6, 6.07) is 18.6. The Morgan fingerprint density at radius 1 is 0.947 bits per heavy atom. The molecule has 0 aliphatic rings. The van der Waals surface area contributed by atoms with Crippen LogP contribution in [0, 0.1) is 0 Å². The van der Waals surface area contributed by atoms with Gasteiger partial charge in [-0.3, -0.25) is 4.98 Å². The molecule has 19 heavy (non-hydrogen) atoms. The molecule has 1 heterocycles. The Morgan fingerprint density at radius 3 is 2.63 bits per heavy atom. The van der Waals surface area contributed by atoms with E-state index in [0.29, 0.717) is 0 Å². The third kappa shape index (κ3) is 2.49. The van der Waals surface area contributed by atoms with Crippen LogP contribution in [0.4, 0.5) is 0 Å². The zero-order chi connectivity index (χ0) is 13.1. The highest BCUT2D eigenvalue weighted by Gasteiger charge is 2.08. The van der Waals surface area contributed by atoms with Crippen LogP contribution in [0.5, 0.6) is 0 Å². The maximum absolute atomic E-state index is 6.30. The van der Waals surface area contributed by atoms with E-state index in [4.69, 9.17) is 5.73 Å². The molecule has 3 rings (SSSR count). The molecule has 3 aromatic rings. The monoisotopic (exact) mass is 248 g/mol. The highest BCUT2D eigenvalue weighted by Crippen LogP contribution is 2.22. The zero-order valence-electron chi connectivity index (χ0n) is 10.7. The molecule has 0 saturated heterocycles. The summed E-state index contributed by atoms with van der Waals surface area (Å²) in [5.41, 5.74) is 8.75. The van der Waals surface area contributed by atoms with Gasteiger partial charge in [0.05, 0.1) is 0 Å². The Kier molecular flexibility index (Phi) is 3.25. The van der Waals surface area contributed by atoms with Crippen molar-refractivity contribution in [2.45, 2.75) is 12.5 Å². The fourth-order valence-corrected chi connectivity index (χ4v) is 2.42. The molecule has 0 bridgehead atoms. The summed E-state index contributed by atoms with van der Waals surface area (Å²) >= 11 is 0. The van der Waals surface area contributed by atoms with Crippen LogP contribution in [0.3, 0.4) is 0 Å². The van der Waals surface area contributed by atoms with Crippen molar-refractivity contribution < 1.29 is 0 Å². The molecule has 1 atom stereocenters. The summed E-state index contributed by atoms with van der Waals surface area (Å²) in [5, 5.41) is 2.41. The van der Waals surface area contributed by atoms with Crippen LogP contribution in [0.15, 0.2) is 67.0 Å². The van der Waals surface area contributed by atoms with Crippen LogP contribution in [-0.4, -0.2) is 4.98 Å². The van der Waals surface area contributed by atoms with Crippen molar-refractivity contribution in [1.29, 1.82) is 0 Å². The molecular formula is C17H16N2. The molecular weight excluding hydrogens is 232 g/mol. The van der Waals surface area contributed by atoms with Gasteiger partial charge in [0.2, 0.25) is 0 Å². The number of nitrogens with zero attached hydrogens (tertiary/aromatic N) is 1. The van der Waals surface area contributed by atoms with Crippen molar-refractivity contribution >= 4 is 10.8 Å². The molecule has 94 valence electrons. The predicted molar refractivity (Wildman–Crippen MR) is 78.8 cm³/mol. The molecule has 0 saturated carbocycles. The largest absolute Gasteiger partial charge is 0.324 e. The first-order valence-electron chi connectivity index (χ1n) is 6.47. The van der Waals surface area contributed by atoms with Crippen LogP contribution in [0.1, 0.15) is 17.2 Å². The third-order valence-corrected chi connectivity index (χ3v) is 3.44. The first kappa shape index (κ1) is 11.9. The van der Waals surface area contributed by atoms with Crippen molar-refractivity contribution in [3.05, 3.63) is 78.1 Å². The van der Waals surface area contributed by atoms with Gasteiger partial charge in [0.25, 0.3) is 0 Å². The molecule has 0 fully saturated rings. The van der Waals surface area contributed by atoms with Crippen LogP contribution in [0.25, 0.3) is 10.8 Å². The molecule has 0 spiro atoms. The lowest BCUT2D eigenvalue weighted by Gasteiger charge is -2.13. The predicted octanol–water partition coefficient (Wildman–Crippen LogP) is 3.48. The van der Waals surface area contributed by atoms with E-state index in [1.807, 2.05) is 30.6 Å². The van der Waals surface area contributed by atoms with Gasteiger partial charge >= 0.3 is 0 Å². The van der Waals surface area contributed by atoms with Gasteiger partial charge in [-0.25, -0.2) is 0 Å². The van der Waals surface area contributed by atoms with Gasteiger partial charge in [-0.15, -0.1) is 0 Å². The summed E-state index contributed by atoms with van der Waals surface area (Å²) < 4.78 is 0. The van der Waals surface area contributed by atoms with E-state index in [9.17, 15) is 0 Å². The minimum atomic E-state index is 0.0277. The summed E-state index contributed by atoms with van der Waals surface area (Å²) in [6.07, 6.45) is 4.57. The lowest BCUT2D eigenvalue weighted by atomic mass is 9.96. The van der Waals surface area contributed by atoms with Crippen LogP contribution in [-0.2, 0) is 6.42 Å². The summed E-state index contributed by atoms with van der Waals surface area (Å²) in [7, 11) is 0. The number of aromatic nitrogens is 1. The average molecular weight is 248 g/mol. The molecule has 0 aliphatic heterocycles. The standard InChI is InChI=1S/C17H16N2/c18-17(13-5-2-1-3-6-13)11-14-7-4-8-15-12-19-10-9-16(14)15/h1-10,12,17H,11,18H2. The average Bonchev–Trinajstić information content (AvgIpc) is 2.48. The minimum absolute atomic E-state index is 0.0277. The van der Waals surface area contributed by atoms with E-state index in [1.54, 1.807) is 0 Å². The van der Waals surface area contributed by atoms with Gasteiger partial charge in [0, 0.05) is 23.8 Å². The fraction of sp³-hybridized carbons (Fsp3) is 0.118. The zero-order valence-corrected chi connectivity index (χ0v) is 10.7. The Bertz CT molecular complexity index is 672.